The van der Waals surface area contributed by atoms with Crippen LogP contribution in [0.2, 0.25) is 0 Å². The van der Waals surface area contributed by atoms with Crippen LogP contribution >= 0.6 is 11.3 Å². The number of aromatic nitrogens is 1. The van der Waals surface area contributed by atoms with Crippen LogP contribution in [-0.4, -0.2) is 24.1 Å². The second kappa shape index (κ2) is 6.85. The fraction of sp³-hybridized carbons (Fsp3) is 0.692. The molecular formula is C13H22N2O2S. The first-order valence-corrected chi connectivity index (χ1v) is 7.08. The Morgan fingerprint density at radius 2 is 2.17 bits per heavy atom. The largest absolute Gasteiger partial charge is 0.468 e. The monoisotopic (exact) mass is 270 g/mol. The van der Waals surface area contributed by atoms with E-state index in [1.54, 1.807) is 11.3 Å². The number of ether oxygens (including phenoxy) is 1. The number of methoxy groups -OCH3 is 1. The molecule has 0 saturated heterocycles. The Labute approximate surface area is 113 Å². The van der Waals surface area contributed by atoms with E-state index in [2.05, 4.69) is 24.1 Å². The van der Waals surface area contributed by atoms with E-state index in [9.17, 15) is 4.79 Å². The van der Waals surface area contributed by atoms with E-state index in [-0.39, 0.29) is 18.1 Å². The fourth-order valence-corrected chi connectivity index (χ4v) is 2.52. The Kier molecular flexibility index (Phi) is 5.75. The molecule has 1 heterocycles. The molecule has 0 amide bonds. The standard InChI is InChI=1S/C13H22N2O2S/c1-8(2)6-11(13(16)17-5)14-9(3)12-7-18-10(4)15-12/h7-9,11,14H,6H2,1-5H3. The van der Waals surface area contributed by atoms with Gasteiger partial charge in [-0.2, -0.15) is 0 Å². The normalized spacial score (nSPS) is 14.6. The molecule has 0 aromatic carbocycles. The smallest absolute Gasteiger partial charge is 0.322 e. The van der Waals surface area contributed by atoms with Gasteiger partial charge in [0.1, 0.15) is 6.04 Å². The number of aryl methyl sites for hydroxylation is 1. The maximum atomic E-state index is 11.7. The number of rotatable bonds is 6. The molecule has 0 aliphatic heterocycles. The summed E-state index contributed by atoms with van der Waals surface area (Å²) in [7, 11) is 1.43. The molecule has 2 unspecified atom stereocenters. The highest BCUT2D eigenvalue weighted by Gasteiger charge is 2.23. The SMILES string of the molecule is COC(=O)C(CC(C)C)NC(C)c1csc(C)n1. The third-order valence-electron chi connectivity index (χ3n) is 2.72. The van der Waals surface area contributed by atoms with Crippen molar-refractivity contribution in [2.24, 2.45) is 5.92 Å². The zero-order valence-corrected chi connectivity index (χ0v) is 12.5. The average Bonchev–Trinajstić information content (AvgIpc) is 2.73. The first-order valence-electron chi connectivity index (χ1n) is 6.20. The summed E-state index contributed by atoms with van der Waals surface area (Å²) in [6.45, 7) is 8.18. The van der Waals surface area contributed by atoms with Gasteiger partial charge in [0.25, 0.3) is 0 Å². The Bertz CT molecular complexity index is 390. The summed E-state index contributed by atoms with van der Waals surface area (Å²) < 4.78 is 4.84. The van der Waals surface area contributed by atoms with E-state index in [0.717, 1.165) is 17.1 Å². The van der Waals surface area contributed by atoms with E-state index in [1.165, 1.54) is 7.11 Å². The lowest BCUT2D eigenvalue weighted by Crippen LogP contribution is -2.40. The van der Waals surface area contributed by atoms with Crippen molar-refractivity contribution in [3.05, 3.63) is 16.1 Å². The quantitative estimate of drug-likeness (QED) is 0.807. The highest BCUT2D eigenvalue weighted by atomic mass is 32.1. The van der Waals surface area contributed by atoms with Gasteiger partial charge in [0.2, 0.25) is 0 Å². The van der Waals surface area contributed by atoms with Gasteiger partial charge < -0.3 is 4.74 Å². The van der Waals surface area contributed by atoms with Crippen molar-refractivity contribution in [3.8, 4) is 0 Å². The first-order chi connectivity index (χ1) is 8.43. The molecule has 0 saturated carbocycles. The zero-order chi connectivity index (χ0) is 13.7. The summed E-state index contributed by atoms with van der Waals surface area (Å²) in [5.74, 6) is 0.230. The van der Waals surface area contributed by atoms with Crippen LogP contribution in [0, 0.1) is 12.8 Å². The maximum Gasteiger partial charge on any atom is 0.322 e. The van der Waals surface area contributed by atoms with Crippen LogP contribution in [0.5, 0.6) is 0 Å². The molecule has 0 spiro atoms. The van der Waals surface area contributed by atoms with Crippen molar-refractivity contribution in [1.82, 2.24) is 10.3 Å². The predicted molar refractivity (Wildman–Crippen MR) is 73.7 cm³/mol. The summed E-state index contributed by atoms with van der Waals surface area (Å²) in [5, 5.41) is 6.36. The minimum atomic E-state index is -0.271. The summed E-state index contributed by atoms with van der Waals surface area (Å²) in [4.78, 5) is 16.1. The van der Waals surface area contributed by atoms with Gasteiger partial charge in [-0.1, -0.05) is 13.8 Å². The third kappa shape index (κ3) is 4.38. The zero-order valence-electron chi connectivity index (χ0n) is 11.7. The second-order valence-electron chi connectivity index (χ2n) is 4.89. The fourth-order valence-electron chi connectivity index (χ4n) is 1.81. The van der Waals surface area contributed by atoms with Crippen LogP contribution in [-0.2, 0) is 9.53 Å². The number of carbonyl (C=O) groups excluding carboxylic acids is 1. The van der Waals surface area contributed by atoms with Crippen molar-refractivity contribution in [2.75, 3.05) is 7.11 Å². The highest BCUT2D eigenvalue weighted by molar-refractivity contribution is 7.09. The molecule has 4 nitrogen and oxygen atoms in total. The van der Waals surface area contributed by atoms with Crippen LogP contribution in [0.25, 0.3) is 0 Å². The molecule has 1 aromatic rings. The number of hydrogen-bond acceptors (Lipinski definition) is 5. The van der Waals surface area contributed by atoms with Crippen LogP contribution in [0.1, 0.15) is 43.9 Å². The van der Waals surface area contributed by atoms with Crippen molar-refractivity contribution in [3.63, 3.8) is 0 Å². The maximum absolute atomic E-state index is 11.7. The first kappa shape index (κ1) is 15.1. The number of hydrogen-bond donors (Lipinski definition) is 1. The summed E-state index contributed by atoms with van der Waals surface area (Å²) in [6, 6.07) is -0.218. The van der Waals surface area contributed by atoms with Crippen molar-refractivity contribution >= 4 is 17.3 Å². The molecule has 1 aromatic heterocycles. The van der Waals surface area contributed by atoms with Gasteiger partial charge in [0, 0.05) is 11.4 Å². The van der Waals surface area contributed by atoms with Gasteiger partial charge in [0.15, 0.2) is 0 Å². The summed E-state index contributed by atoms with van der Waals surface area (Å²) >= 11 is 1.62. The Morgan fingerprint density at radius 3 is 2.61 bits per heavy atom. The van der Waals surface area contributed by atoms with Crippen LogP contribution in [0.15, 0.2) is 5.38 Å². The van der Waals surface area contributed by atoms with Gasteiger partial charge in [-0.15, -0.1) is 11.3 Å². The second-order valence-corrected chi connectivity index (χ2v) is 5.95. The molecule has 0 bridgehead atoms. The minimum Gasteiger partial charge on any atom is -0.468 e. The van der Waals surface area contributed by atoms with Crippen molar-refractivity contribution < 1.29 is 9.53 Å². The molecule has 2 atom stereocenters. The van der Waals surface area contributed by atoms with Gasteiger partial charge in [0.05, 0.1) is 17.8 Å². The number of nitrogens with zero attached hydrogens (tertiary/aromatic N) is 1. The molecule has 5 heteroatoms. The lowest BCUT2D eigenvalue weighted by molar-refractivity contribution is -0.143. The van der Waals surface area contributed by atoms with Crippen molar-refractivity contribution in [2.45, 2.75) is 46.2 Å². The third-order valence-corrected chi connectivity index (χ3v) is 3.52. The summed E-state index contributed by atoms with van der Waals surface area (Å²) in [5.41, 5.74) is 0.982. The van der Waals surface area contributed by atoms with Crippen LogP contribution in [0.4, 0.5) is 0 Å². The molecule has 18 heavy (non-hydrogen) atoms. The number of thiazole rings is 1. The molecule has 1 rings (SSSR count). The number of nitrogens with one attached hydrogen (secondary N) is 1. The minimum absolute atomic E-state index is 0.0535. The topological polar surface area (TPSA) is 51.2 Å². The van der Waals surface area contributed by atoms with E-state index in [0.29, 0.717) is 5.92 Å². The van der Waals surface area contributed by atoms with Gasteiger partial charge in [-0.05, 0) is 26.2 Å². The molecule has 0 fully saturated rings. The molecule has 1 N–H and O–H groups in total. The highest BCUT2D eigenvalue weighted by Crippen LogP contribution is 2.18. The van der Waals surface area contributed by atoms with Gasteiger partial charge in [-0.3, -0.25) is 10.1 Å². The molecule has 0 aliphatic rings. The lowest BCUT2D eigenvalue weighted by atomic mass is 10.0. The van der Waals surface area contributed by atoms with E-state index in [4.69, 9.17) is 4.74 Å². The summed E-state index contributed by atoms with van der Waals surface area (Å²) in [6.07, 6.45) is 0.764. The van der Waals surface area contributed by atoms with Gasteiger partial charge >= 0.3 is 5.97 Å². The Morgan fingerprint density at radius 1 is 1.50 bits per heavy atom. The Balaban J connectivity index is 2.67. The molecule has 102 valence electrons. The average molecular weight is 270 g/mol. The predicted octanol–water partition coefficient (Wildman–Crippen LogP) is 2.69. The van der Waals surface area contributed by atoms with E-state index < -0.39 is 0 Å². The van der Waals surface area contributed by atoms with Crippen molar-refractivity contribution in [1.29, 1.82) is 0 Å². The molecule has 0 aliphatic carbocycles. The van der Waals surface area contributed by atoms with Crippen LogP contribution < -0.4 is 5.32 Å². The lowest BCUT2D eigenvalue weighted by Gasteiger charge is -2.21. The number of carbonyl (C=O) groups is 1. The van der Waals surface area contributed by atoms with E-state index in [1.807, 2.05) is 19.2 Å². The van der Waals surface area contributed by atoms with E-state index >= 15 is 0 Å². The Hall–Kier alpha value is -0.940. The molecule has 0 radical (unpaired) electrons. The van der Waals surface area contributed by atoms with Gasteiger partial charge in [-0.25, -0.2) is 4.98 Å². The van der Waals surface area contributed by atoms with Crippen LogP contribution in [0.3, 0.4) is 0 Å². The number of esters is 1. The molecular weight excluding hydrogens is 248 g/mol.